The maximum Gasteiger partial charge on any atom is -0.109 e. The summed E-state index contributed by atoms with van der Waals surface area (Å²) in [7, 11) is 0. The number of fused-ring (bicyclic) bond motifs is 3. The zero-order valence-corrected chi connectivity index (χ0v) is 21.0. The Morgan fingerprint density at radius 3 is 2.29 bits per heavy atom. The normalized spacial score (nSPS) is 30.5. The predicted octanol–water partition coefficient (Wildman–Crippen LogP) is 6.30. The maximum atomic E-state index is 2.99. The largest absolute Gasteiger partial charge is 0.273 e. The standard InChI is InChI=1S/C13H17.C5H5.C2H6Si.2ClH.Hf/c1-3-7-12-10(5-1)9-11-6-2-4-8-13(11)12;1-2-4-5-3-1;1-3-2;;;/h1,3,5,7,9-13H,2,4,6,8H2;1-3H,4H2;1-2H3;2*1H;/q2*-1;;;;+2. The van der Waals surface area contributed by atoms with E-state index in [1.165, 1.54) is 48.7 Å². The molecule has 4 rings (SSSR count). The number of rotatable bonds is 0. The van der Waals surface area contributed by atoms with E-state index in [-0.39, 0.29) is 30.3 Å². The molecule has 2 fully saturated rings. The van der Waals surface area contributed by atoms with Crippen molar-refractivity contribution in [3.05, 3.63) is 55.0 Å². The van der Waals surface area contributed by atoms with Gasteiger partial charge < -0.3 is 6.42 Å². The Bertz CT molecular complexity index is 468. The van der Waals surface area contributed by atoms with Gasteiger partial charge in [0.1, 0.15) is 0 Å². The van der Waals surface area contributed by atoms with Gasteiger partial charge in [-0.1, -0.05) is 49.8 Å². The van der Waals surface area contributed by atoms with Gasteiger partial charge in [-0.25, -0.2) is 12.2 Å². The summed E-state index contributed by atoms with van der Waals surface area (Å²) in [6.07, 6.45) is 27.8. The van der Waals surface area contributed by atoms with Gasteiger partial charge in [-0.2, -0.15) is 12.0 Å². The average molecular weight is 548 g/mol. The molecule has 4 aliphatic carbocycles. The molecule has 0 aromatic carbocycles. The van der Waals surface area contributed by atoms with Crippen molar-refractivity contribution in [2.75, 3.05) is 0 Å². The first-order chi connectivity index (χ1) is 10.7. The summed E-state index contributed by atoms with van der Waals surface area (Å²) in [4.78, 5) is 0. The number of hydrogen-bond acceptors (Lipinski definition) is 0. The predicted molar refractivity (Wildman–Crippen MR) is 109 cm³/mol. The molecular weight excluding hydrogens is 518 g/mol. The van der Waals surface area contributed by atoms with E-state index in [2.05, 4.69) is 56.0 Å². The average Bonchev–Trinajstić information content (AvgIpc) is 3.18. The SMILES string of the molecule is C1=CC2[CH-]C3CCCCC3C2C=C1.C[Si](C)=[Hf+2].Cl.Cl.[C-]1=CC=CC1. The van der Waals surface area contributed by atoms with Crippen LogP contribution in [0.2, 0.25) is 13.1 Å². The molecule has 4 atom stereocenters. The third-order valence-corrected chi connectivity index (χ3v) is 4.65. The number of halogens is 2. The third-order valence-electron chi connectivity index (χ3n) is 4.65. The Morgan fingerprint density at radius 1 is 1.04 bits per heavy atom. The molecule has 0 bridgehead atoms. The van der Waals surface area contributed by atoms with Crippen LogP contribution in [-0.4, -0.2) is 5.49 Å². The zero-order valence-electron chi connectivity index (χ0n) is 14.8. The van der Waals surface area contributed by atoms with E-state index >= 15 is 0 Å². The minimum atomic E-state index is 0. The Labute approximate surface area is 176 Å². The van der Waals surface area contributed by atoms with Crippen LogP contribution in [0.15, 0.2) is 42.5 Å². The minimum Gasteiger partial charge on any atom is -0.273 e. The Balaban J connectivity index is 0.000000409. The topological polar surface area (TPSA) is 0 Å². The van der Waals surface area contributed by atoms with E-state index < -0.39 is 0 Å². The van der Waals surface area contributed by atoms with Crippen LogP contribution in [0.1, 0.15) is 32.1 Å². The van der Waals surface area contributed by atoms with Crippen LogP contribution in [0.25, 0.3) is 0 Å². The second-order valence-electron chi connectivity index (χ2n) is 6.73. The fourth-order valence-corrected chi connectivity index (χ4v) is 3.79. The van der Waals surface area contributed by atoms with Crippen molar-refractivity contribution < 1.29 is 23.0 Å². The van der Waals surface area contributed by atoms with E-state index in [1.54, 1.807) is 0 Å². The van der Waals surface area contributed by atoms with Crippen LogP contribution < -0.4 is 0 Å². The molecule has 2 saturated carbocycles. The molecule has 0 nitrogen and oxygen atoms in total. The van der Waals surface area contributed by atoms with Gasteiger partial charge in [-0.3, -0.25) is 6.08 Å². The summed E-state index contributed by atoms with van der Waals surface area (Å²) in [5.41, 5.74) is 0.259. The smallest absolute Gasteiger partial charge is 0.109 e. The first kappa shape index (κ1) is 24.6. The van der Waals surface area contributed by atoms with Crippen LogP contribution in [0.4, 0.5) is 0 Å². The summed E-state index contributed by atoms with van der Waals surface area (Å²) < 4.78 is 0. The van der Waals surface area contributed by atoms with E-state index in [0.717, 1.165) is 30.1 Å². The number of allylic oxidation sites excluding steroid dienone is 8. The fraction of sp³-hybridized carbons (Fsp3) is 0.550. The van der Waals surface area contributed by atoms with Gasteiger partial charge in [-0.05, 0) is 5.92 Å². The Morgan fingerprint density at radius 2 is 1.71 bits per heavy atom. The molecular formula is C20H30Cl2HfSi. The van der Waals surface area contributed by atoms with Crippen LogP contribution in [0, 0.1) is 36.2 Å². The van der Waals surface area contributed by atoms with Crippen molar-refractivity contribution in [1.29, 1.82) is 0 Å². The monoisotopic (exact) mass is 548 g/mol. The van der Waals surface area contributed by atoms with Crippen LogP contribution in [0.3, 0.4) is 0 Å². The summed E-state index contributed by atoms with van der Waals surface area (Å²) in [5, 5.41) is 0. The van der Waals surface area contributed by atoms with Gasteiger partial charge in [0, 0.05) is 0 Å². The molecule has 4 unspecified atom stereocenters. The van der Waals surface area contributed by atoms with Gasteiger partial charge in [0.2, 0.25) is 0 Å². The molecule has 0 radical (unpaired) electrons. The Kier molecular flexibility index (Phi) is 14.1. The zero-order chi connectivity index (χ0) is 15.8. The van der Waals surface area contributed by atoms with Crippen molar-refractivity contribution in [1.82, 2.24) is 0 Å². The van der Waals surface area contributed by atoms with Gasteiger partial charge in [0.15, 0.2) is 0 Å². The van der Waals surface area contributed by atoms with Gasteiger partial charge in [-0.15, -0.1) is 43.2 Å². The first-order valence-corrected chi connectivity index (χ1v) is 16.5. The summed E-state index contributed by atoms with van der Waals surface area (Å²) in [6, 6.07) is 0. The second-order valence-corrected chi connectivity index (χ2v) is 19.5. The quantitative estimate of drug-likeness (QED) is 0.247. The van der Waals surface area contributed by atoms with Crippen molar-refractivity contribution >= 4 is 30.3 Å². The van der Waals surface area contributed by atoms with E-state index in [1.807, 2.05) is 12.2 Å². The van der Waals surface area contributed by atoms with E-state index in [9.17, 15) is 0 Å². The molecule has 0 spiro atoms. The fourth-order valence-electron chi connectivity index (χ4n) is 3.79. The first-order valence-electron chi connectivity index (χ1n) is 8.62. The molecule has 0 aliphatic heterocycles. The minimum absolute atomic E-state index is 0. The second kappa shape index (κ2) is 13.8. The van der Waals surface area contributed by atoms with Crippen molar-refractivity contribution in [3.8, 4) is 0 Å². The van der Waals surface area contributed by atoms with E-state index in [4.69, 9.17) is 0 Å². The van der Waals surface area contributed by atoms with Crippen molar-refractivity contribution in [2.45, 2.75) is 45.2 Å². The van der Waals surface area contributed by atoms with Crippen LogP contribution in [-0.2, 0) is 23.0 Å². The summed E-state index contributed by atoms with van der Waals surface area (Å²) >= 11 is 1.45. The molecule has 0 aromatic heterocycles. The van der Waals surface area contributed by atoms with Crippen LogP contribution >= 0.6 is 24.8 Å². The summed E-state index contributed by atoms with van der Waals surface area (Å²) in [6.45, 7) is 4.66. The molecule has 0 N–H and O–H groups in total. The molecule has 0 heterocycles. The molecule has 0 aromatic rings. The van der Waals surface area contributed by atoms with E-state index in [0.29, 0.717) is 0 Å². The van der Waals surface area contributed by atoms with Gasteiger partial charge in [0.25, 0.3) is 0 Å². The van der Waals surface area contributed by atoms with Gasteiger partial charge >= 0.3 is 41.6 Å². The van der Waals surface area contributed by atoms with Crippen molar-refractivity contribution in [3.63, 3.8) is 0 Å². The molecule has 24 heavy (non-hydrogen) atoms. The van der Waals surface area contributed by atoms with Crippen LogP contribution in [0.5, 0.6) is 0 Å². The van der Waals surface area contributed by atoms with Crippen molar-refractivity contribution in [2.24, 2.45) is 23.7 Å². The molecule has 0 amide bonds. The summed E-state index contributed by atoms with van der Waals surface area (Å²) in [5.74, 6) is 3.56. The number of hydrogen-bond donors (Lipinski definition) is 0. The molecule has 132 valence electrons. The Hall–Kier alpha value is 0.627. The molecule has 4 aliphatic rings. The molecule has 0 saturated heterocycles. The van der Waals surface area contributed by atoms with Gasteiger partial charge in [0.05, 0.1) is 0 Å². The molecule has 4 heteroatoms. The maximum absolute atomic E-state index is 2.99. The third kappa shape index (κ3) is 8.34.